The molecule has 0 aliphatic heterocycles. The Kier molecular flexibility index (Phi) is 5.25. The van der Waals surface area contributed by atoms with Crippen LogP contribution in [0.3, 0.4) is 0 Å². The molecule has 7 heteroatoms. The third-order valence-corrected chi connectivity index (χ3v) is 4.43. The van der Waals surface area contributed by atoms with Gasteiger partial charge in [-0.25, -0.2) is 0 Å². The molecule has 0 aliphatic carbocycles. The molecule has 0 atom stereocenters. The van der Waals surface area contributed by atoms with Crippen molar-refractivity contribution in [2.45, 2.75) is 0 Å². The SMILES string of the molecule is O=C(Cl)COc1cc(Cl)c(I)c(Cl)c1Cl. The van der Waals surface area contributed by atoms with Gasteiger partial charge in [0, 0.05) is 6.07 Å². The van der Waals surface area contributed by atoms with Gasteiger partial charge in [0.15, 0.2) is 6.61 Å². The van der Waals surface area contributed by atoms with Crippen molar-refractivity contribution in [1.29, 1.82) is 0 Å². The molecule has 0 saturated heterocycles. The van der Waals surface area contributed by atoms with Gasteiger partial charge in [0.25, 0.3) is 5.24 Å². The molecule has 0 unspecified atom stereocenters. The van der Waals surface area contributed by atoms with Crippen molar-refractivity contribution in [2.75, 3.05) is 6.61 Å². The van der Waals surface area contributed by atoms with Gasteiger partial charge in [0.2, 0.25) is 0 Å². The lowest BCUT2D eigenvalue weighted by molar-refractivity contribution is -0.113. The number of hydrogen-bond donors (Lipinski definition) is 0. The Labute approximate surface area is 120 Å². The van der Waals surface area contributed by atoms with Crippen molar-refractivity contribution in [3.05, 3.63) is 24.7 Å². The summed E-state index contributed by atoms with van der Waals surface area (Å²) in [5, 5.41) is 0.282. The first-order chi connectivity index (χ1) is 6.93. The minimum atomic E-state index is -0.628. The molecule has 0 fully saturated rings. The van der Waals surface area contributed by atoms with E-state index in [9.17, 15) is 4.79 Å². The predicted octanol–water partition coefficient (Wildman–Crippen LogP) is 4.40. The van der Waals surface area contributed by atoms with Gasteiger partial charge in [0.1, 0.15) is 10.8 Å². The monoisotopic (exact) mass is 398 g/mol. The molecule has 0 saturated carbocycles. The molecule has 2 nitrogen and oxygen atoms in total. The highest BCUT2D eigenvalue weighted by atomic mass is 127. The van der Waals surface area contributed by atoms with Crippen LogP contribution in [0.1, 0.15) is 0 Å². The van der Waals surface area contributed by atoms with Crippen LogP contribution in [0, 0.1) is 3.57 Å². The maximum absolute atomic E-state index is 10.5. The molecule has 0 aliphatic rings. The summed E-state index contributed by atoms with van der Waals surface area (Å²) >= 11 is 24.7. The molecule has 0 amide bonds. The van der Waals surface area contributed by atoms with Crippen LogP contribution in [0.2, 0.25) is 15.1 Å². The van der Waals surface area contributed by atoms with E-state index in [1.54, 1.807) is 0 Å². The van der Waals surface area contributed by atoms with E-state index in [0.717, 1.165) is 0 Å². The lowest BCUT2D eigenvalue weighted by Crippen LogP contribution is -2.05. The van der Waals surface area contributed by atoms with Gasteiger partial charge in [0.05, 0.1) is 13.6 Å². The molecule has 0 N–H and O–H groups in total. The topological polar surface area (TPSA) is 26.3 Å². The zero-order chi connectivity index (χ0) is 11.6. The summed E-state index contributed by atoms with van der Waals surface area (Å²) in [5.41, 5.74) is 0. The van der Waals surface area contributed by atoms with E-state index in [1.165, 1.54) is 6.07 Å². The molecule has 0 bridgehead atoms. The maximum Gasteiger partial charge on any atom is 0.259 e. The van der Waals surface area contributed by atoms with Gasteiger partial charge in [-0.15, -0.1) is 0 Å². The summed E-state index contributed by atoms with van der Waals surface area (Å²) < 4.78 is 5.66. The average Bonchev–Trinajstić information content (AvgIpc) is 2.18. The Morgan fingerprint density at radius 3 is 2.47 bits per heavy atom. The molecule has 82 valence electrons. The van der Waals surface area contributed by atoms with Gasteiger partial charge < -0.3 is 4.74 Å². The van der Waals surface area contributed by atoms with Gasteiger partial charge in [-0.2, -0.15) is 0 Å². The largest absolute Gasteiger partial charge is 0.483 e. The zero-order valence-corrected chi connectivity index (χ0v) is 12.2. The van der Waals surface area contributed by atoms with E-state index in [4.69, 9.17) is 51.1 Å². The Bertz CT molecular complexity index is 408. The molecule has 0 spiro atoms. The molecule has 15 heavy (non-hydrogen) atoms. The first-order valence-corrected chi connectivity index (χ1v) is 6.16. The van der Waals surface area contributed by atoms with E-state index in [-0.39, 0.29) is 17.4 Å². The minimum absolute atomic E-state index is 0.211. The summed E-state index contributed by atoms with van der Waals surface area (Å²) in [7, 11) is 0. The van der Waals surface area contributed by atoms with Crippen LogP contribution in [0.4, 0.5) is 0 Å². The molecule has 1 aromatic rings. The van der Waals surface area contributed by atoms with Crippen molar-refractivity contribution in [2.24, 2.45) is 0 Å². The summed E-state index contributed by atoms with van der Waals surface area (Å²) in [6.07, 6.45) is 0. The normalized spacial score (nSPS) is 10.2. The average molecular weight is 400 g/mol. The molecule has 0 aromatic heterocycles. The van der Waals surface area contributed by atoms with E-state index in [1.807, 2.05) is 22.6 Å². The van der Waals surface area contributed by atoms with Gasteiger partial charge >= 0.3 is 0 Å². The standard InChI is InChI=1S/C8H3Cl4IO2/c9-3-1-4(15-2-5(10)14)6(11)7(12)8(3)13/h1H,2H2. The Morgan fingerprint density at radius 1 is 1.33 bits per heavy atom. The fraction of sp³-hybridized carbons (Fsp3) is 0.125. The summed E-state index contributed by atoms with van der Waals surface area (Å²) in [5.74, 6) is 0.237. The fourth-order valence-electron chi connectivity index (χ4n) is 0.791. The van der Waals surface area contributed by atoms with Crippen molar-refractivity contribution in [3.63, 3.8) is 0 Å². The molecule has 1 rings (SSSR count). The highest BCUT2D eigenvalue weighted by Crippen LogP contribution is 2.39. The summed E-state index contributed by atoms with van der Waals surface area (Å²) in [6.45, 7) is -0.283. The second-order valence-electron chi connectivity index (χ2n) is 2.44. The second kappa shape index (κ2) is 5.77. The van der Waals surface area contributed by atoms with Crippen LogP contribution < -0.4 is 4.74 Å². The highest BCUT2D eigenvalue weighted by Gasteiger charge is 2.14. The predicted molar refractivity (Wildman–Crippen MR) is 70.5 cm³/mol. The summed E-state index contributed by atoms with van der Waals surface area (Å²) in [6, 6.07) is 1.48. The zero-order valence-electron chi connectivity index (χ0n) is 6.99. The lowest BCUT2D eigenvalue weighted by Gasteiger charge is -2.09. The highest BCUT2D eigenvalue weighted by molar-refractivity contribution is 14.1. The van der Waals surface area contributed by atoms with E-state index in [2.05, 4.69) is 0 Å². The number of halogens is 5. The van der Waals surface area contributed by atoms with Crippen LogP contribution in [-0.2, 0) is 4.79 Å². The van der Waals surface area contributed by atoms with Crippen LogP contribution in [0.25, 0.3) is 0 Å². The molecular weight excluding hydrogens is 397 g/mol. The van der Waals surface area contributed by atoms with E-state index >= 15 is 0 Å². The number of benzene rings is 1. The van der Waals surface area contributed by atoms with Gasteiger partial charge in [-0.1, -0.05) is 34.8 Å². The minimum Gasteiger partial charge on any atom is -0.483 e. The van der Waals surface area contributed by atoms with Crippen LogP contribution >= 0.6 is 69.0 Å². The van der Waals surface area contributed by atoms with E-state index in [0.29, 0.717) is 13.6 Å². The molecule has 0 heterocycles. The first-order valence-electron chi connectivity index (χ1n) is 3.57. The number of carbonyl (C=O) groups excluding carboxylic acids is 1. The third kappa shape index (κ3) is 3.53. The van der Waals surface area contributed by atoms with Crippen molar-refractivity contribution in [1.82, 2.24) is 0 Å². The quantitative estimate of drug-likeness (QED) is 0.326. The lowest BCUT2D eigenvalue weighted by atomic mass is 10.3. The smallest absolute Gasteiger partial charge is 0.259 e. The van der Waals surface area contributed by atoms with Gasteiger partial charge in [-0.3, -0.25) is 4.79 Å². The summed E-state index contributed by atoms with van der Waals surface area (Å²) in [4.78, 5) is 10.5. The Hall–Kier alpha value is 0.580. The fourth-order valence-corrected chi connectivity index (χ4v) is 2.07. The van der Waals surface area contributed by atoms with Crippen molar-refractivity contribution in [3.8, 4) is 5.75 Å². The van der Waals surface area contributed by atoms with Crippen molar-refractivity contribution >= 4 is 74.2 Å². The number of rotatable bonds is 3. The number of hydrogen-bond acceptors (Lipinski definition) is 2. The number of ether oxygens (including phenoxy) is 1. The van der Waals surface area contributed by atoms with E-state index < -0.39 is 5.24 Å². The first kappa shape index (κ1) is 13.6. The van der Waals surface area contributed by atoms with Crippen LogP contribution in [-0.4, -0.2) is 11.8 Å². The van der Waals surface area contributed by atoms with Gasteiger partial charge in [-0.05, 0) is 34.2 Å². The van der Waals surface area contributed by atoms with Crippen molar-refractivity contribution < 1.29 is 9.53 Å². The second-order valence-corrected chi connectivity index (χ2v) is 5.11. The molecular formula is C8H3Cl4IO2. The number of carbonyl (C=O) groups is 1. The van der Waals surface area contributed by atoms with Crippen LogP contribution in [0.5, 0.6) is 5.75 Å². The Balaban J connectivity index is 3.04. The maximum atomic E-state index is 10.5. The Morgan fingerprint density at radius 2 is 1.93 bits per heavy atom. The molecule has 1 aromatic carbocycles. The molecule has 0 radical (unpaired) electrons. The third-order valence-electron chi connectivity index (χ3n) is 1.41. The van der Waals surface area contributed by atoms with Crippen LogP contribution in [0.15, 0.2) is 6.07 Å².